The van der Waals surface area contributed by atoms with E-state index in [4.69, 9.17) is 18.9 Å². The van der Waals surface area contributed by atoms with E-state index in [-0.39, 0.29) is 36.5 Å². The summed E-state index contributed by atoms with van der Waals surface area (Å²) >= 11 is 0. The molecule has 1 fully saturated rings. The van der Waals surface area contributed by atoms with Crippen LogP contribution in [0.25, 0.3) is 0 Å². The molecule has 0 aliphatic carbocycles. The standard InChI is InChI=1S/C25H29N3O7/c1-32-10-9-24(30)28-13-19-22(14-28)35-18-6-3-16(4-7-18)12-26-23(29)15-34-21-11-17(25(31)27-19)5-8-20(21)33-2/h3-8,11,19,22H,9-10,12-15H2,1-2H3,(H,26,29)(H,27,31)/t19-,22-/m0/s1. The quantitative estimate of drug-likeness (QED) is 0.670. The summed E-state index contributed by atoms with van der Waals surface area (Å²) in [7, 11) is 3.03. The third-order valence-electron chi connectivity index (χ3n) is 5.94. The molecule has 0 saturated carbocycles. The first-order valence-corrected chi connectivity index (χ1v) is 11.4. The van der Waals surface area contributed by atoms with Gasteiger partial charge in [-0.05, 0) is 35.9 Å². The van der Waals surface area contributed by atoms with Gasteiger partial charge in [0.2, 0.25) is 5.91 Å². The van der Waals surface area contributed by atoms with E-state index < -0.39 is 12.1 Å². The van der Waals surface area contributed by atoms with Gasteiger partial charge in [-0.25, -0.2) is 0 Å². The lowest BCUT2D eigenvalue weighted by Crippen LogP contribution is -2.45. The average molecular weight is 484 g/mol. The summed E-state index contributed by atoms with van der Waals surface area (Å²) in [5.74, 6) is 0.560. The molecule has 2 aromatic rings. The number of hydrogen-bond donors (Lipinski definition) is 2. The molecule has 0 spiro atoms. The first-order valence-electron chi connectivity index (χ1n) is 11.4. The molecule has 186 valence electrons. The van der Waals surface area contributed by atoms with Gasteiger partial charge in [-0.3, -0.25) is 14.4 Å². The molecule has 3 amide bonds. The third-order valence-corrected chi connectivity index (χ3v) is 5.94. The molecule has 2 atom stereocenters. The van der Waals surface area contributed by atoms with Crippen molar-refractivity contribution in [3.8, 4) is 17.2 Å². The SMILES string of the molecule is COCCC(=O)N1C[C@@H]2NC(=O)c3ccc(OC)c(c3)OCC(=O)NCc3ccc(cc3)O[C@H]2C1. The highest BCUT2D eigenvalue weighted by Crippen LogP contribution is 2.28. The molecule has 5 rings (SSSR count). The van der Waals surface area contributed by atoms with Crippen molar-refractivity contribution in [3.63, 3.8) is 0 Å². The van der Waals surface area contributed by atoms with Crippen molar-refractivity contribution in [1.29, 1.82) is 0 Å². The third kappa shape index (κ3) is 6.02. The van der Waals surface area contributed by atoms with Crippen molar-refractivity contribution in [2.24, 2.45) is 0 Å². The van der Waals surface area contributed by atoms with Crippen molar-refractivity contribution < 1.29 is 33.3 Å². The lowest BCUT2D eigenvalue weighted by molar-refractivity contribution is -0.131. The smallest absolute Gasteiger partial charge is 0.258 e. The van der Waals surface area contributed by atoms with Gasteiger partial charge in [0.05, 0.1) is 32.7 Å². The van der Waals surface area contributed by atoms with Crippen LogP contribution in [0.4, 0.5) is 0 Å². The van der Waals surface area contributed by atoms with E-state index in [9.17, 15) is 14.4 Å². The molecule has 0 aromatic heterocycles. The van der Waals surface area contributed by atoms with Crippen LogP contribution in [0.15, 0.2) is 42.5 Å². The highest BCUT2D eigenvalue weighted by Gasteiger charge is 2.38. The first kappa shape index (κ1) is 24.3. The number of ether oxygens (including phenoxy) is 4. The van der Waals surface area contributed by atoms with E-state index in [0.717, 1.165) is 5.56 Å². The van der Waals surface area contributed by atoms with Crippen LogP contribution in [0.2, 0.25) is 0 Å². The number of carbonyl (C=O) groups is 3. The maximum absolute atomic E-state index is 13.1. The Bertz CT molecular complexity index is 1070. The number of benzene rings is 2. The van der Waals surface area contributed by atoms with Crippen LogP contribution in [0.5, 0.6) is 17.2 Å². The highest BCUT2D eigenvalue weighted by atomic mass is 16.5. The lowest BCUT2D eigenvalue weighted by Gasteiger charge is -2.21. The Kier molecular flexibility index (Phi) is 7.71. The van der Waals surface area contributed by atoms with Crippen LogP contribution in [0.1, 0.15) is 22.3 Å². The zero-order valence-corrected chi connectivity index (χ0v) is 19.7. The monoisotopic (exact) mass is 483 g/mol. The molecule has 35 heavy (non-hydrogen) atoms. The van der Waals surface area contributed by atoms with Gasteiger partial charge in [0.15, 0.2) is 18.1 Å². The Balaban J connectivity index is 1.62. The van der Waals surface area contributed by atoms with Crippen LogP contribution in [-0.4, -0.2) is 75.3 Å². The van der Waals surface area contributed by atoms with Crippen molar-refractivity contribution in [2.75, 3.05) is 40.5 Å². The number of nitrogens with one attached hydrogen (secondary N) is 2. The first-order chi connectivity index (χ1) is 17.0. The molecule has 4 bridgehead atoms. The second-order valence-electron chi connectivity index (χ2n) is 8.35. The van der Waals surface area contributed by atoms with Gasteiger partial charge in [0.1, 0.15) is 11.9 Å². The van der Waals surface area contributed by atoms with Gasteiger partial charge in [0, 0.05) is 25.8 Å². The fraction of sp³-hybridized carbons (Fsp3) is 0.400. The van der Waals surface area contributed by atoms with Crippen molar-refractivity contribution in [1.82, 2.24) is 15.5 Å². The minimum atomic E-state index is -0.444. The minimum Gasteiger partial charge on any atom is -0.493 e. The Morgan fingerprint density at radius 3 is 2.66 bits per heavy atom. The Hall–Kier alpha value is -3.79. The number of likely N-dealkylation sites (tertiary alicyclic amines) is 1. The second kappa shape index (κ2) is 11.1. The maximum Gasteiger partial charge on any atom is 0.258 e. The summed E-state index contributed by atoms with van der Waals surface area (Å²) < 4.78 is 22.2. The fourth-order valence-electron chi connectivity index (χ4n) is 4.02. The lowest BCUT2D eigenvalue weighted by atomic mass is 10.1. The van der Waals surface area contributed by atoms with Crippen LogP contribution in [-0.2, 0) is 20.9 Å². The van der Waals surface area contributed by atoms with Crippen LogP contribution < -0.4 is 24.8 Å². The minimum absolute atomic E-state index is 0.0643. The molecule has 3 aliphatic rings. The van der Waals surface area contributed by atoms with Gasteiger partial charge in [-0.1, -0.05) is 12.1 Å². The van der Waals surface area contributed by atoms with E-state index in [0.29, 0.717) is 43.3 Å². The summed E-state index contributed by atoms with van der Waals surface area (Å²) in [5, 5.41) is 5.80. The molecule has 0 radical (unpaired) electrons. The van der Waals surface area contributed by atoms with E-state index in [2.05, 4.69) is 10.6 Å². The Morgan fingerprint density at radius 2 is 1.91 bits per heavy atom. The number of amides is 3. The number of rotatable bonds is 4. The molecular formula is C25H29N3O7. The van der Waals surface area contributed by atoms with E-state index >= 15 is 0 Å². The van der Waals surface area contributed by atoms with Crippen molar-refractivity contribution in [2.45, 2.75) is 25.1 Å². The molecule has 2 N–H and O–H groups in total. The number of fused-ring (bicyclic) bond motifs is 7. The van der Waals surface area contributed by atoms with Crippen molar-refractivity contribution >= 4 is 17.7 Å². The Morgan fingerprint density at radius 1 is 1.11 bits per heavy atom. The van der Waals surface area contributed by atoms with Gasteiger partial charge in [-0.2, -0.15) is 0 Å². The summed E-state index contributed by atoms with van der Waals surface area (Å²) in [6.07, 6.45) is -0.190. The normalized spacial score (nSPS) is 20.1. The number of nitrogens with zero attached hydrogens (tertiary/aromatic N) is 1. The van der Waals surface area contributed by atoms with Gasteiger partial charge < -0.3 is 34.5 Å². The molecular weight excluding hydrogens is 454 g/mol. The maximum atomic E-state index is 13.1. The Labute approximate surface area is 203 Å². The molecule has 2 aromatic carbocycles. The average Bonchev–Trinajstić information content (AvgIpc) is 3.26. The molecule has 3 aliphatic heterocycles. The summed E-state index contributed by atoms with van der Waals surface area (Å²) in [4.78, 5) is 39.7. The van der Waals surface area contributed by atoms with Gasteiger partial charge >= 0.3 is 0 Å². The molecule has 1 saturated heterocycles. The van der Waals surface area contributed by atoms with E-state index in [1.54, 1.807) is 36.3 Å². The topological polar surface area (TPSA) is 115 Å². The predicted molar refractivity (Wildman–Crippen MR) is 126 cm³/mol. The van der Waals surface area contributed by atoms with Crippen LogP contribution >= 0.6 is 0 Å². The van der Waals surface area contributed by atoms with Crippen molar-refractivity contribution in [3.05, 3.63) is 53.6 Å². The van der Waals surface area contributed by atoms with Gasteiger partial charge in [-0.15, -0.1) is 0 Å². The number of carbonyl (C=O) groups excluding carboxylic acids is 3. The van der Waals surface area contributed by atoms with E-state index in [1.165, 1.54) is 13.2 Å². The molecule has 10 heteroatoms. The zero-order chi connectivity index (χ0) is 24.8. The van der Waals surface area contributed by atoms with Crippen LogP contribution in [0, 0.1) is 0 Å². The summed E-state index contributed by atoms with van der Waals surface area (Å²) in [6, 6.07) is 11.6. The number of hydrogen-bond acceptors (Lipinski definition) is 7. The molecule has 10 nitrogen and oxygen atoms in total. The second-order valence-corrected chi connectivity index (χ2v) is 8.35. The van der Waals surface area contributed by atoms with Crippen LogP contribution in [0.3, 0.4) is 0 Å². The summed E-state index contributed by atoms with van der Waals surface area (Å²) in [5.41, 5.74) is 1.22. The largest absolute Gasteiger partial charge is 0.493 e. The fourth-order valence-corrected chi connectivity index (χ4v) is 4.02. The zero-order valence-electron chi connectivity index (χ0n) is 19.7. The molecule has 0 unspecified atom stereocenters. The molecule has 3 heterocycles. The summed E-state index contributed by atoms with van der Waals surface area (Å²) in [6.45, 7) is 1.07. The highest BCUT2D eigenvalue weighted by molar-refractivity contribution is 5.95. The number of methoxy groups -OCH3 is 2. The van der Waals surface area contributed by atoms with Gasteiger partial charge in [0.25, 0.3) is 11.8 Å². The predicted octanol–water partition coefficient (Wildman–Crippen LogP) is 1.13. The van der Waals surface area contributed by atoms with E-state index in [1.807, 2.05) is 12.1 Å².